The van der Waals surface area contributed by atoms with Crippen molar-refractivity contribution in [3.63, 3.8) is 0 Å². The molecule has 1 aromatic heterocycles. The summed E-state index contributed by atoms with van der Waals surface area (Å²) >= 11 is 0. The second kappa shape index (κ2) is 8.50. The van der Waals surface area contributed by atoms with Crippen molar-refractivity contribution in [2.75, 3.05) is 33.5 Å². The Bertz CT molecular complexity index is 526. The molecule has 0 atom stereocenters. The molecule has 0 spiro atoms. The van der Waals surface area contributed by atoms with Crippen LogP contribution in [0.25, 0.3) is 0 Å². The van der Waals surface area contributed by atoms with Crippen LogP contribution in [0.2, 0.25) is 0 Å². The minimum absolute atomic E-state index is 0.157. The third-order valence-corrected chi connectivity index (χ3v) is 4.38. The molecule has 0 unspecified atom stereocenters. The van der Waals surface area contributed by atoms with E-state index >= 15 is 0 Å². The molecular formula is C13H25N3O4S. The summed E-state index contributed by atoms with van der Waals surface area (Å²) in [5, 5.41) is 0. The van der Waals surface area contributed by atoms with Crippen LogP contribution in [0.1, 0.15) is 25.6 Å². The van der Waals surface area contributed by atoms with Gasteiger partial charge in [-0.2, -0.15) is 0 Å². The first-order valence-electron chi connectivity index (χ1n) is 6.89. The van der Waals surface area contributed by atoms with Gasteiger partial charge in [-0.25, -0.2) is 13.1 Å². The highest BCUT2D eigenvalue weighted by Crippen LogP contribution is 2.18. The van der Waals surface area contributed by atoms with Gasteiger partial charge in [-0.15, -0.1) is 0 Å². The predicted octanol–water partition coefficient (Wildman–Crippen LogP) is 0.469. The molecule has 3 N–H and O–H groups in total. The molecule has 1 aromatic rings. The molecule has 0 aromatic carbocycles. The van der Waals surface area contributed by atoms with E-state index in [4.69, 9.17) is 15.2 Å². The number of aromatic nitrogens is 1. The van der Waals surface area contributed by atoms with E-state index in [1.165, 1.54) is 0 Å². The summed E-state index contributed by atoms with van der Waals surface area (Å²) in [6.07, 6.45) is 1.61. The van der Waals surface area contributed by atoms with Crippen molar-refractivity contribution in [3.8, 4) is 0 Å². The van der Waals surface area contributed by atoms with Crippen molar-refractivity contribution in [2.45, 2.75) is 31.3 Å². The van der Waals surface area contributed by atoms with Gasteiger partial charge in [0.2, 0.25) is 10.0 Å². The smallest absolute Gasteiger partial charge is 0.242 e. The van der Waals surface area contributed by atoms with Crippen molar-refractivity contribution in [2.24, 2.45) is 5.73 Å². The number of methoxy groups -OCH3 is 1. The Balaban J connectivity index is 2.62. The molecule has 21 heavy (non-hydrogen) atoms. The summed E-state index contributed by atoms with van der Waals surface area (Å²) in [6, 6.07) is 1.76. The summed E-state index contributed by atoms with van der Waals surface area (Å²) < 4.78 is 38.8. The lowest BCUT2D eigenvalue weighted by Gasteiger charge is -2.10. The third-order valence-electron chi connectivity index (χ3n) is 2.95. The van der Waals surface area contributed by atoms with Gasteiger partial charge in [0.1, 0.15) is 0 Å². The molecule has 0 radical (unpaired) electrons. The fraction of sp³-hybridized carbons (Fsp3) is 0.692. The fourth-order valence-electron chi connectivity index (χ4n) is 1.86. The van der Waals surface area contributed by atoms with E-state index in [0.717, 1.165) is 5.69 Å². The van der Waals surface area contributed by atoms with Gasteiger partial charge in [0.15, 0.2) is 0 Å². The number of sulfonamides is 1. The quantitative estimate of drug-likeness (QED) is 0.611. The van der Waals surface area contributed by atoms with Crippen molar-refractivity contribution < 1.29 is 17.9 Å². The van der Waals surface area contributed by atoms with Crippen LogP contribution in [0.5, 0.6) is 0 Å². The minimum atomic E-state index is -3.54. The number of nitrogens with zero attached hydrogens (tertiary/aromatic N) is 1. The second-order valence-electron chi connectivity index (χ2n) is 4.88. The van der Waals surface area contributed by atoms with Crippen LogP contribution in [0.4, 0.5) is 0 Å². The highest BCUT2D eigenvalue weighted by molar-refractivity contribution is 7.89. The monoisotopic (exact) mass is 319 g/mol. The van der Waals surface area contributed by atoms with Crippen molar-refractivity contribution >= 4 is 10.0 Å². The predicted molar refractivity (Wildman–Crippen MR) is 80.6 cm³/mol. The molecule has 1 rings (SSSR count). The molecule has 0 bridgehead atoms. The standard InChI is InChI=1S/C13H25N3O4S/c1-11(2)16-10-13(8-12(16)9-14)21(17,18)15-4-5-20-7-6-19-3/h8,10-11,15H,4-7,9,14H2,1-3H3. The zero-order chi connectivity index (χ0) is 15.9. The van der Waals surface area contributed by atoms with Gasteiger partial charge in [0.05, 0.1) is 24.7 Å². The average Bonchev–Trinajstić information content (AvgIpc) is 2.88. The van der Waals surface area contributed by atoms with Gasteiger partial charge in [0.25, 0.3) is 0 Å². The van der Waals surface area contributed by atoms with Crippen LogP contribution in [0, 0.1) is 0 Å². The van der Waals surface area contributed by atoms with E-state index < -0.39 is 10.0 Å². The van der Waals surface area contributed by atoms with E-state index in [1.54, 1.807) is 19.4 Å². The first-order chi connectivity index (χ1) is 9.92. The Kier molecular flexibility index (Phi) is 7.33. The second-order valence-corrected chi connectivity index (χ2v) is 6.64. The maximum absolute atomic E-state index is 12.2. The molecular weight excluding hydrogens is 294 g/mol. The van der Waals surface area contributed by atoms with E-state index in [2.05, 4.69) is 4.72 Å². The maximum atomic E-state index is 12.2. The lowest BCUT2D eigenvalue weighted by molar-refractivity contribution is 0.0736. The summed E-state index contributed by atoms with van der Waals surface area (Å²) in [4.78, 5) is 0.230. The molecule has 0 saturated heterocycles. The van der Waals surface area contributed by atoms with Crippen molar-refractivity contribution in [1.82, 2.24) is 9.29 Å². The fourth-order valence-corrected chi connectivity index (χ4v) is 2.93. The first kappa shape index (κ1) is 18.1. The Morgan fingerprint density at radius 2 is 2.05 bits per heavy atom. The van der Waals surface area contributed by atoms with E-state index in [9.17, 15) is 8.42 Å². The average molecular weight is 319 g/mol. The highest BCUT2D eigenvalue weighted by atomic mass is 32.2. The Hall–Kier alpha value is -0.930. The third kappa shape index (κ3) is 5.40. The Morgan fingerprint density at radius 1 is 1.33 bits per heavy atom. The molecule has 8 heteroatoms. The van der Waals surface area contributed by atoms with Gasteiger partial charge in [-0.3, -0.25) is 0 Å². The Labute approximate surface area is 126 Å². The number of ether oxygens (including phenoxy) is 2. The minimum Gasteiger partial charge on any atom is -0.382 e. The number of hydrogen-bond donors (Lipinski definition) is 2. The molecule has 0 amide bonds. The molecule has 1 heterocycles. The molecule has 0 aliphatic rings. The van der Waals surface area contributed by atoms with E-state index in [0.29, 0.717) is 26.4 Å². The van der Waals surface area contributed by atoms with Crippen LogP contribution >= 0.6 is 0 Å². The van der Waals surface area contributed by atoms with E-state index in [1.807, 2.05) is 18.4 Å². The summed E-state index contributed by atoms with van der Waals surface area (Å²) in [6.45, 7) is 5.71. The maximum Gasteiger partial charge on any atom is 0.242 e. The summed E-state index contributed by atoms with van der Waals surface area (Å²) in [7, 11) is -1.95. The van der Waals surface area contributed by atoms with Gasteiger partial charge >= 0.3 is 0 Å². The molecule has 0 fully saturated rings. The van der Waals surface area contributed by atoms with Crippen LogP contribution in [-0.2, 0) is 26.0 Å². The van der Waals surface area contributed by atoms with Crippen LogP contribution in [0.3, 0.4) is 0 Å². The number of nitrogens with two attached hydrogens (primary N) is 1. The van der Waals surface area contributed by atoms with Crippen molar-refractivity contribution in [1.29, 1.82) is 0 Å². The summed E-state index contributed by atoms with van der Waals surface area (Å²) in [5.41, 5.74) is 6.44. The van der Waals surface area contributed by atoms with E-state index in [-0.39, 0.29) is 17.5 Å². The normalized spacial score (nSPS) is 12.2. The molecule has 0 aliphatic carbocycles. The zero-order valence-corrected chi connectivity index (χ0v) is 13.6. The topological polar surface area (TPSA) is 95.6 Å². The van der Waals surface area contributed by atoms with Gasteiger partial charge in [-0.05, 0) is 19.9 Å². The first-order valence-corrected chi connectivity index (χ1v) is 8.38. The van der Waals surface area contributed by atoms with Gasteiger partial charge < -0.3 is 19.8 Å². The number of nitrogens with one attached hydrogen (secondary N) is 1. The lowest BCUT2D eigenvalue weighted by atomic mass is 10.3. The molecule has 122 valence electrons. The molecule has 7 nitrogen and oxygen atoms in total. The SMILES string of the molecule is COCCOCCNS(=O)(=O)c1cc(CN)n(C(C)C)c1. The largest absolute Gasteiger partial charge is 0.382 e. The number of rotatable bonds is 10. The zero-order valence-electron chi connectivity index (χ0n) is 12.8. The van der Waals surface area contributed by atoms with Crippen LogP contribution < -0.4 is 10.5 Å². The van der Waals surface area contributed by atoms with Gasteiger partial charge in [-0.1, -0.05) is 0 Å². The van der Waals surface area contributed by atoms with Crippen LogP contribution in [-0.4, -0.2) is 46.5 Å². The summed E-state index contributed by atoms with van der Waals surface area (Å²) in [5.74, 6) is 0. The Morgan fingerprint density at radius 3 is 2.57 bits per heavy atom. The molecule has 0 aliphatic heterocycles. The lowest BCUT2D eigenvalue weighted by Crippen LogP contribution is -2.27. The molecule has 0 saturated carbocycles. The van der Waals surface area contributed by atoms with Crippen molar-refractivity contribution in [3.05, 3.63) is 18.0 Å². The highest BCUT2D eigenvalue weighted by Gasteiger charge is 2.18. The van der Waals surface area contributed by atoms with Crippen LogP contribution in [0.15, 0.2) is 17.2 Å². The van der Waals surface area contributed by atoms with Gasteiger partial charge in [0, 0.05) is 38.1 Å². The number of hydrogen-bond acceptors (Lipinski definition) is 5.